The summed E-state index contributed by atoms with van der Waals surface area (Å²) in [5.41, 5.74) is -0.140. The van der Waals surface area contributed by atoms with E-state index in [9.17, 15) is 13.6 Å². The van der Waals surface area contributed by atoms with Gasteiger partial charge in [0.25, 0.3) is 0 Å². The normalized spacial score (nSPS) is 35.4. The highest BCUT2D eigenvalue weighted by Gasteiger charge is 2.57. The molecule has 0 aliphatic heterocycles. The Bertz CT molecular complexity index is 270. The first-order valence-electron chi connectivity index (χ1n) is 4.83. The lowest BCUT2D eigenvalue weighted by atomic mass is 10.2. The average Bonchev–Trinajstić information content (AvgIpc) is 2.66. The number of carboxylic acid groups (broad SMARTS) is 1. The zero-order valence-electron chi connectivity index (χ0n) is 7.72. The van der Waals surface area contributed by atoms with Gasteiger partial charge < -0.3 is 10.4 Å². The lowest BCUT2D eigenvalue weighted by molar-refractivity contribution is -0.164. The maximum absolute atomic E-state index is 12.7. The Balaban J connectivity index is 1.86. The van der Waals surface area contributed by atoms with Crippen LogP contribution in [0.1, 0.15) is 25.7 Å². The highest BCUT2D eigenvalue weighted by atomic mass is 19.3. The van der Waals surface area contributed by atoms with E-state index in [2.05, 4.69) is 5.32 Å². The number of carbonyl (C=O) groups is 1. The molecule has 2 saturated carbocycles. The van der Waals surface area contributed by atoms with E-state index in [4.69, 9.17) is 5.11 Å². The van der Waals surface area contributed by atoms with E-state index in [0.717, 1.165) is 25.7 Å². The summed E-state index contributed by atoms with van der Waals surface area (Å²) < 4.78 is 25.5. The van der Waals surface area contributed by atoms with E-state index in [1.54, 1.807) is 0 Å². The van der Waals surface area contributed by atoms with Gasteiger partial charge in [0.1, 0.15) is 0 Å². The molecule has 2 rings (SSSR count). The zero-order chi connectivity index (χ0) is 10.4. The van der Waals surface area contributed by atoms with Crippen molar-refractivity contribution in [3.8, 4) is 0 Å². The number of nitrogens with one attached hydrogen (secondary N) is 1. The SMILES string of the molecule is O=C(O)C(F)(F)CNC12CCCC1C2. The average molecular weight is 205 g/mol. The van der Waals surface area contributed by atoms with Crippen molar-refractivity contribution in [1.29, 1.82) is 0 Å². The quantitative estimate of drug-likeness (QED) is 0.726. The van der Waals surface area contributed by atoms with Crippen LogP contribution >= 0.6 is 0 Å². The Morgan fingerprint density at radius 2 is 2.36 bits per heavy atom. The van der Waals surface area contributed by atoms with E-state index in [0.29, 0.717) is 5.92 Å². The molecule has 2 N–H and O–H groups in total. The Kier molecular flexibility index (Phi) is 2.03. The molecule has 0 spiro atoms. The molecular weight excluding hydrogens is 192 g/mol. The van der Waals surface area contributed by atoms with E-state index >= 15 is 0 Å². The summed E-state index contributed by atoms with van der Waals surface area (Å²) in [5.74, 6) is -5.17. The van der Waals surface area contributed by atoms with Crippen LogP contribution in [0, 0.1) is 5.92 Å². The van der Waals surface area contributed by atoms with E-state index < -0.39 is 18.4 Å². The molecule has 5 heteroatoms. The highest BCUT2D eigenvalue weighted by Crippen LogP contribution is 2.55. The maximum atomic E-state index is 12.7. The van der Waals surface area contributed by atoms with Gasteiger partial charge in [-0.05, 0) is 25.2 Å². The molecule has 0 saturated heterocycles. The monoisotopic (exact) mass is 205 g/mol. The number of rotatable bonds is 4. The van der Waals surface area contributed by atoms with Crippen molar-refractivity contribution >= 4 is 5.97 Å². The van der Waals surface area contributed by atoms with Crippen molar-refractivity contribution in [2.24, 2.45) is 5.92 Å². The largest absolute Gasteiger partial charge is 0.477 e. The molecule has 0 aromatic rings. The van der Waals surface area contributed by atoms with Crippen molar-refractivity contribution in [3.05, 3.63) is 0 Å². The van der Waals surface area contributed by atoms with Gasteiger partial charge in [0.05, 0.1) is 6.54 Å². The van der Waals surface area contributed by atoms with Gasteiger partial charge >= 0.3 is 11.9 Å². The van der Waals surface area contributed by atoms with Gasteiger partial charge in [-0.2, -0.15) is 8.78 Å². The van der Waals surface area contributed by atoms with Crippen LogP contribution in [0.2, 0.25) is 0 Å². The summed E-state index contributed by atoms with van der Waals surface area (Å²) in [6.45, 7) is -0.737. The zero-order valence-corrected chi connectivity index (χ0v) is 7.72. The van der Waals surface area contributed by atoms with Crippen LogP contribution in [-0.4, -0.2) is 29.1 Å². The molecule has 0 heterocycles. The number of alkyl halides is 2. The van der Waals surface area contributed by atoms with Gasteiger partial charge in [-0.3, -0.25) is 0 Å². The molecule has 2 unspecified atom stereocenters. The fourth-order valence-electron chi connectivity index (χ4n) is 2.40. The van der Waals surface area contributed by atoms with Crippen LogP contribution < -0.4 is 5.32 Å². The van der Waals surface area contributed by atoms with Crippen LogP contribution in [0.15, 0.2) is 0 Å². The third kappa shape index (κ3) is 1.49. The third-order valence-corrected chi connectivity index (χ3v) is 3.38. The van der Waals surface area contributed by atoms with Crippen molar-refractivity contribution in [2.45, 2.75) is 37.1 Å². The highest BCUT2D eigenvalue weighted by molar-refractivity contribution is 5.75. The minimum atomic E-state index is -3.63. The molecule has 0 aromatic heterocycles. The molecule has 2 aliphatic carbocycles. The molecular formula is C9H13F2NO2. The summed E-state index contributed by atoms with van der Waals surface area (Å²) in [7, 11) is 0. The van der Waals surface area contributed by atoms with Gasteiger partial charge in [0.15, 0.2) is 0 Å². The summed E-state index contributed by atoms with van der Waals surface area (Å²) in [4.78, 5) is 10.2. The second kappa shape index (κ2) is 2.89. The number of carboxylic acids is 1. The summed E-state index contributed by atoms with van der Waals surface area (Å²) in [5, 5.41) is 10.9. The lowest BCUT2D eigenvalue weighted by Gasteiger charge is -2.18. The van der Waals surface area contributed by atoms with Crippen LogP contribution in [-0.2, 0) is 4.79 Å². The number of hydrogen-bond acceptors (Lipinski definition) is 2. The Morgan fingerprint density at radius 1 is 1.64 bits per heavy atom. The van der Waals surface area contributed by atoms with Gasteiger partial charge in [-0.25, -0.2) is 4.79 Å². The molecule has 0 aromatic carbocycles. The second-order valence-electron chi connectivity index (χ2n) is 4.31. The Morgan fingerprint density at radius 3 is 2.79 bits per heavy atom. The van der Waals surface area contributed by atoms with Gasteiger partial charge in [0, 0.05) is 5.54 Å². The van der Waals surface area contributed by atoms with Gasteiger partial charge in [-0.15, -0.1) is 0 Å². The van der Waals surface area contributed by atoms with E-state index in [1.165, 1.54) is 0 Å². The molecule has 0 bridgehead atoms. The molecule has 2 atom stereocenters. The van der Waals surface area contributed by atoms with Crippen LogP contribution in [0.25, 0.3) is 0 Å². The fourth-order valence-corrected chi connectivity index (χ4v) is 2.40. The molecule has 2 aliphatic rings. The molecule has 2 fully saturated rings. The number of halogens is 2. The molecule has 14 heavy (non-hydrogen) atoms. The van der Waals surface area contributed by atoms with Crippen molar-refractivity contribution in [1.82, 2.24) is 5.32 Å². The first-order valence-corrected chi connectivity index (χ1v) is 4.83. The standard InChI is InChI=1S/C9H13F2NO2/c10-9(11,7(13)14)5-12-8-3-1-2-6(8)4-8/h6,12H,1-5H2,(H,13,14). The molecule has 80 valence electrons. The van der Waals surface area contributed by atoms with Crippen molar-refractivity contribution in [2.75, 3.05) is 6.54 Å². The van der Waals surface area contributed by atoms with Crippen LogP contribution in [0.5, 0.6) is 0 Å². The Hall–Kier alpha value is -0.710. The molecule has 3 nitrogen and oxygen atoms in total. The van der Waals surface area contributed by atoms with Gasteiger partial charge in [0.2, 0.25) is 0 Å². The first-order chi connectivity index (χ1) is 6.46. The van der Waals surface area contributed by atoms with E-state index in [-0.39, 0.29) is 5.54 Å². The second-order valence-corrected chi connectivity index (χ2v) is 4.31. The van der Waals surface area contributed by atoms with Gasteiger partial charge in [-0.1, -0.05) is 6.42 Å². The third-order valence-electron chi connectivity index (χ3n) is 3.38. The fraction of sp³-hybridized carbons (Fsp3) is 0.889. The van der Waals surface area contributed by atoms with E-state index in [1.807, 2.05) is 0 Å². The molecule has 0 amide bonds. The van der Waals surface area contributed by atoms with Crippen molar-refractivity contribution in [3.63, 3.8) is 0 Å². The summed E-state index contributed by atoms with van der Waals surface area (Å²) in [6.07, 6.45) is 4.00. The minimum Gasteiger partial charge on any atom is -0.477 e. The predicted octanol–water partition coefficient (Wildman–Crippen LogP) is 1.24. The topological polar surface area (TPSA) is 49.3 Å². The molecule has 0 radical (unpaired) electrons. The smallest absolute Gasteiger partial charge is 0.375 e. The minimum absolute atomic E-state index is 0.140. The number of hydrogen-bond donors (Lipinski definition) is 2. The predicted molar refractivity (Wildman–Crippen MR) is 45.3 cm³/mol. The summed E-state index contributed by atoms with van der Waals surface area (Å²) in [6, 6.07) is 0. The van der Waals surface area contributed by atoms with Crippen molar-refractivity contribution < 1.29 is 18.7 Å². The lowest BCUT2D eigenvalue weighted by Crippen LogP contribution is -2.45. The summed E-state index contributed by atoms with van der Waals surface area (Å²) >= 11 is 0. The maximum Gasteiger partial charge on any atom is 0.375 e. The Labute approximate surface area is 80.5 Å². The number of fused-ring (bicyclic) bond motifs is 1. The first kappa shape index (κ1) is 9.83. The number of aliphatic carboxylic acids is 1. The van der Waals surface area contributed by atoms with Crippen LogP contribution in [0.3, 0.4) is 0 Å². The van der Waals surface area contributed by atoms with Crippen LogP contribution in [0.4, 0.5) is 8.78 Å².